The summed E-state index contributed by atoms with van der Waals surface area (Å²) in [5, 5.41) is 4.96. The third-order valence-corrected chi connectivity index (χ3v) is 4.46. The van der Waals surface area contributed by atoms with Crippen LogP contribution < -0.4 is 25.0 Å². The molecule has 10 nitrogen and oxygen atoms in total. The number of hydrogen-bond donors (Lipinski definition) is 2. The molecule has 2 aliphatic heterocycles. The summed E-state index contributed by atoms with van der Waals surface area (Å²) in [6.07, 6.45) is 3.42. The number of ether oxygens (including phenoxy) is 2. The van der Waals surface area contributed by atoms with Crippen LogP contribution in [0.2, 0.25) is 0 Å². The minimum absolute atomic E-state index is 0.151. The van der Waals surface area contributed by atoms with Crippen LogP contribution in [0, 0.1) is 0 Å². The summed E-state index contributed by atoms with van der Waals surface area (Å²) < 4.78 is 10.5. The second-order valence-electron chi connectivity index (χ2n) is 6.38. The lowest BCUT2D eigenvalue weighted by Gasteiger charge is -2.34. The van der Waals surface area contributed by atoms with Crippen molar-refractivity contribution in [3.05, 3.63) is 36.7 Å². The van der Waals surface area contributed by atoms with E-state index in [1.165, 1.54) is 0 Å². The van der Waals surface area contributed by atoms with Crippen LogP contribution in [-0.2, 0) is 4.79 Å². The lowest BCUT2D eigenvalue weighted by molar-refractivity contribution is -0.121. The number of urea groups is 1. The van der Waals surface area contributed by atoms with E-state index < -0.39 is 6.03 Å². The van der Waals surface area contributed by atoms with Crippen molar-refractivity contribution in [2.45, 2.75) is 0 Å². The van der Waals surface area contributed by atoms with Crippen molar-refractivity contribution in [1.29, 1.82) is 0 Å². The Bertz CT molecular complexity index is 854. The average Bonchev–Trinajstić information content (AvgIpc) is 3.17. The molecule has 146 valence electrons. The molecule has 2 N–H and O–H groups in total. The Labute approximate surface area is 161 Å². The molecule has 4 rings (SSSR count). The summed E-state index contributed by atoms with van der Waals surface area (Å²) in [6.45, 7) is 3.14. The molecular formula is C18H20N6O4. The van der Waals surface area contributed by atoms with Gasteiger partial charge in [-0.1, -0.05) is 0 Å². The first-order valence-corrected chi connectivity index (χ1v) is 8.92. The number of carbonyl (C=O) groups is 2. The van der Waals surface area contributed by atoms with Gasteiger partial charge in [0.25, 0.3) is 0 Å². The predicted molar refractivity (Wildman–Crippen MR) is 100 cm³/mol. The van der Waals surface area contributed by atoms with Crippen LogP contribution in [-0.4, -0.2) is 66.3 Å². The smallest absolute Gasteiger partial charge is 0.325 e. The Balaban J connectivity index is 1.22. The molecular weight excluding hydrogens is 364 g/mol. The molecule has 2 aliphatic rings. The molecule has 0 bridgehead atoms. The Morgan fingerprint density at radius 1 is 1.04 bits per heavy atom. The fourth-order valence-electron chi connectivity index (χ4n) is 3.07. The van der Waals surface area contributed by atoms with Crippen molar-refractivity contribution in [3.8, 4) is 11.5 Å². The number of nitrogens with zero attached hydrogens (tertiary/aromatic N) is 4. The molecule has 0 spiro atoms. The Morgan fingerprint density at radius 2 is 1.79 bits per heavy atom. The van der Waals surface area contributed by atoms with E-state index in [0.29, 0.717) is 36.2 Å². The maximum absolute atomic E-state index is 12.2. The van der Waals surface area contributed by atoms with Crippen molar-refractivity contribution in [1.82, 2.24) is 20.2 Å². The zero-order valence-corrected chi connectivity index (χ0v) is 15.1. The first-order chi connectivity index (χ1) is 13.7. The summed E-state index contributed by atoms with van der Waals surface area (Å²) >= 11 is 0. The van der Waals surface area contributed by atoms with Crippen LogP contribution in [0.1, 0.15) is 0 Å². The molecule has 0 radical (unpaired) electrons. The van der Waals surface area contributed by atoms with Gasteiger partial charge in [-0.15, -0.1) is 0 Å². The molecule has 3 amide bonds. The van der Waals surface area contributed by atoms with Crippen molar-refractivity contribution in [2.24, 2.45) is 0 Å². The summed E-state index contributed by atoms with van der Waals surface area (Å²) in [5.74, 6) is 1.52. The second kappa shape index (κ2) is 8.09. The number of aromatic nitrogens is 2. The van der Waals surface area contributed by atoms with Gasteiger partial charge < -0.3 is 19.7 Å². The normalized spacial score (nSPS) is 15.9. The zero-order chi connectivity index (χ0) is 19.3. The van der Waals surface area contributed by atoms with Gasteiger partial charge in [0.05, 0.1) is 6.54 Å². The van der Waals surface area contributed by atoms with Crippen LogP contribution in [0.5, 0.6) is 11.5 Å². The van der Waals surface area contributed by atoms with Crippen LogP contribution in [0.25, 0.3) is 0 Å². The Hall–Kier alpha value is -3.40. The minimum atomic E-state index is -0.583. The van der Waals surface area contributed by atoms with E-state index in [-0.39, 0.29) is 19.2 Å². The number of nitrogens with one attached hydrogen (secondary N) is 2. The maximum atomic E-state index is 12.2. The number of benzene rings is 1. The SMILES string of the molecule is O=C(CN1CCN(c2ncccn2)CC1)NC(=O)Nc1ccc2c(c1)OCO2. The van der Waals surface area contributed by atoms with Gasteiger partial charge in [-0.25, -0.2) is 14.8 Å². The number of hydrogen-bond acceptors (Lipinski definition) is 8. The highest BCUT2D eigenvalue weighted by molar-refractivity contribution is 6.01. The van der Waals surface area contributed by atoms with Gasteiger partial charge in [-0.05, 0) is 18.2 Å². The van der Waals surface area contributed by atoms with E-state index in [4.69, 9.17) is 9.47 Å². The van der Waals surface area contributed by atoms with Crippen LogP contribution in [0.4, 0.5) is 16.4 Å². The summed E-state index contributed by atoms with van der Waals surface area (Å²) in [6, 6.07) is 6.23. The monoisotopic (exact) mass is 384 g/mol. The third-order valence-electron chi connectivity index (χ3n) is 4.46. The van der Waals surface area contributed by atoms with Crippen LogP contribution in [0.3, 0.4) is 0 Å². The number of carbonyl (C=O) groups excluding carboxylic acids is 2. The fraction of sp³-hybridized carbons (Fsp3) is 0.333. The molecule has 3 heterocycles. The van der Waals surface area contributed by atoms with Gasteiger partial charge in [-0.2, -0.15) is 0 Å². The molecule has 1 fully saturated rings. The molecule has 1 saturated heterocycles. The lowest BCUT2D eigenvalue weighted by Crippen LogP contribution is -2.50. The molecule has 0 saturated carbocycles. The highest BCUT2D eigenvalue weighted by Crippen LogP contribution is 2.34. The number of imide groups is 1. The van der Waals surface area contributed by atoms with Crippen molar-refractivity contribution >= 4 is 23.6 Å². The fourth-order valence-corrected chi connectivity index (χ4v) is 3.07. The molecule has 28 heavy (non-hydrogen) atoms. The van der Waals surface area contributed by atoms with Gasteiger partial charge in [0.2, 0.25) is 18.6 Å². The van der Waals surface area contributed by atoms with Gasteiger partial charge in [0.15, 0.2) is 11.5 Å². The highest BCUT2D eigenvalue weighted by atomic mass is 16.7. The van der Waals surface area contributed by atoms with Gasteiger partial charge in [0.1, 0.15) is 0 Å². The number of rotatable bonds is 4. The zero-order valence-electron chi connectivity index (χ0n) is 15.1. The first-order valence-electron chi connectivity index (χ1n) is 8.92. The predicted octanol–water partition coefficient (Wildman–Crippen LogP) is 0.676. The van der Waals surface area contributed by atoms with Crippen molar-refractivity contribution in [3.63, 3.8) is 0 Å². The van der Waals surface area contributed by atoms with E-state index >= 15 is 0 Å². The molecule has 1 aromatic carbocycles. The molecule has 0 atom stereocenters. The van der Waals surface area contributed by atoms with Crippen molar-refractivity contribution in [2.75, 3.05) is 49.7 Å². The lowest BCUT2D eigenvalue weighted by atomic mass is 10.3. The number of fused-ring (bicyclic) bond motifs is 1. The van der Waals surface area contributed by atoms with E-state index in [9.17, 15) is 9.59 Å². The Kier molecular flexibility index (Phi) is 5.20. The molecule has 1 aromatic heterocycles. The molecule has 10 heteroatoms. The maximum Gasteiger partial charge on any atom is 0.325 e. The standard InChI is InChI=1S/C18H20N6O4/c25-16(11-23-6-8-24(9-7-23)17-19-4-1-5-20-17)22-18(26)21-13-2-3-14-15(10-13)28-12-27-14/h1-5,10H,6-9,11-12H2,(H2,21,22,25,26). The summed E-state index contributed by atoms with van der Waals surface area (Å²) in [4.78, 5) is 36.7. The number of anilines is 2. The van der Waals surface area contributed by atoms with Gasteiger partial charge in [0, 0.05) is 50.3 Å². The topological polar surface area (TPSA) is 109 Å². The van der Waals surface area contributed by atoms with Gasteiger partial charge in [-0.3, -0.25) is 15.0 Å². The largest absolute Gasteiger partial charge is 0.454 e. The Morgan fingerprint density at radius 3 is 2.57 bits per heavy atom. The number of amides is 3. The summed E-state index contributed by atoms with van der Waals surface area (Å²) in [7, 11) is 0. The number of piperazine rings is 1. The van der Waals surface area contributed by atoms with Crippen LogP contribution >= 0.6 is 0 Å². The van der Waals surface area contributed by atoms with Gasteiger partial charge >= 0.3 is 6.03 Å². The van der Waals surface area contributed by atoms with E-state index in [0.717, 1.165) is 13.1 Å². The third kappa shape index (κ3) is 4.29. The first kappa shape index (κ1) is 18.0. The van der Waals surface area contributed by atoms with E-state index in [1.807, 2.05) is 4.90 Å². The van der Waals surface area contributed by atoms with E-state index in [1.54, 1.807) is 36.7 Å². The molecule has 2 aromatic rings. The average molecular weight is 384 g/mol. The van der Waals surface area contributed by atoms with Crippen LogP contribution in [0.15, 0.2) is 36.7 Å². The molecule has 0 unspecified atom stereocenters. The second-order valence-corrected chi connectivity index (χ2v) is 6.38. The highest BCUT2D eigenvalue weighted by Gasteiger charge is 2.21. The molecule has 0 aliphatic carbocycles. The van der Waals surface area contributed by atoms with Crippen molar-refractivity contribution < 1.29 is 19.1 Å². The summed E-state index contributed by atoms with van der Waals surface area (Å²) in [5.41, 5.74) is 0.519. The quantitative estimate of drug-likeness (QED) is 0.792. The minimum Gasteiger partial charge on any atom is -0.454 e. The van der Waals surface area contributed by atoms with E-state index in [2.05, 4.69) is 25.5 Å².